The van der Waals surface area contributed by atoms with E-state index in [4.69, 9.17) is 9.84 Å². The second kappa shape index (κ2) is 7.37. The summed E-state index contributed by atoms with van der Waals surface area (Å²) in [7, 11) is 1.47. The van der Waals surface area contributed by atoms with Crippen molar-refractivity contribution in [3.63, 3.8) is 0 Å². The van der Waals surface area contributed by atoms with Crippen LogP contribution in [0.15, 0.2) is 18.2 Å². The zero-order valence-corrected chi connectivity index (χ0v) is 11.5. The van der Waals surface area contributed by atoms with E-state index in [-0.39, 0.29) is 23.8 Å². The van der Waals surface area contributed by atoms with Gasteiger partial charge in [-0.25, -0.2) is 0 Å². The van der Waals surface area contributed by atoms with Crippen LogP contribution in [0, 0.1) is 0 Å². The molecule has 0 spiro atoms. The molecular weight excluding hydrogens is 262 g/mol. The van der Waals surface area contributed by atoms with Crippen LogP contribution in [-0.2, 0) is 4.79 Å². The Morgan fingerprint density at radius 1 is 1.40 bits per heavy atom. The average molecular weight is 281 g/mol. The lowest BCUT2D eigenvalue weighted by atomic mass is 10.1. The van der Waals surface area contributed by atoms with Gasteiger partial charge >= 0.3 is 5.97 Å². The molecule has 0 bridgehead atoms. The minimum atomic E-state index is -0.853. The van der Waals surface area contributed by atoms with Crippen molar-refractivity contribution in [3.8, 4) is 11.5 Å². The van der Waals surface area contributed by atoms with E-state index in [9.17, 15) is 14.7 Å². The molecule has 6 nitrogen and oxygen atoms in total. The lowest BCUT2D eigenvalue weighted by molar-refractivity contribution is -0.137. The number of carbonyl (C=O) groups excluding carboxylic acids is 1. The molecule has 0 heterocycles. The molecule has 1 unspecified atom stereocenters. The van der Waals surface area contributed by atoms with Gasteiger partial charge in [-0.15, -0.1) is 0 Å². The highest BCUT2D eigenvalue weighted by Gasteiger charge is 2.15. The zero-order valence-electron chi connectivity index (χ0n) is 11.5. The lowest BCUT2D eigenvalue weighted by Crippen LogP contribution is -2.32. The first-order valence-corrected chi connectivity index (χ1v) is 6.33. The number of benzene rings is 1. The minimum absolute atomic E-state index is 0.0740. The van der Waals surface area contributed by atoms with Gasteiger partial charge in [0.2, 0.25) is 0 Å². The number of nitrogens with one attached hydrogen (secondary N) is 1. The number of aromatic hydroxyl groups is 1. The van der Waals surface area contributed by atoms with Crippen molar-refractivity contribution in [3.05, 3.63) is 23.8 Å². The molecule has 6 heteroatoms. The predicted octanol–water partition coefficient (Wildman–Crippen LogP) is 1.77. The minimum Gasteiger partial charge on any atom is -0.507 e. The smallest absolute Gasteiger partial charge is 0.303 e. The maximum absolute atomic E-state index is 12.0. The fourth-order valence-corrected chi connectivity index (χ4v) is 1.76. The van der Waals surface area contributed by atoms with Gasteiger partial charge in [0.25, 0.3) is 5.91 Å². The molecule has 0 aromatic heterocycles. The van der Waals surface area contributed by atoms with Gasteiger partial charge in [-0.1, -0.05) is 0 Å². The van der Waals surface area contributed by atoms with Gasteiger partial charge in [0.15, 0.2) is 0 Å². The van der Waals surface area contributed by atoms with Crippen LogP contribution in [0.5, 0.6) is 11.5 Å². The van der Waals surface area contributed by atoms with Gasteiger partial charge in [0.1, 0.15) is 11.5 Å². The van der Waals surface area contributed by atoms with Crippen LogP contribution < -0.4 is 10.1 Å². The van der Waals surface area contributed by atoms with E-state index in [2.05, 4.69) is 5.32 Å². The van der Waals surface area contributed by atoms with E-state index in [1.165, 1.54) is 19.2 Å². The van der Waals surface area contributed by atoms with E-state index in [0.717, 1.165) is 0 Å². The van der Waals surface area contributed by atoms with Crippen LogP contribution in [-0.4, -0.2) is 35.2 Å². The van der Waals surface area contributed by atoms with E-state index in [1.54, 1.807) is 13.0 Å². The van der Waals surface area contributed by atoms with Crippen LogP contribution in [0.2, 0.25) is 0 Å². The normalized spacial score (nSPS) is 11.7. The van der Waals surface area contributed by atoms with Crippen LogP contribution in [0.25, 0.3) is 0 Å². The summed E-state index contributed by atoms with van der Waals surface area (Å²) in [5, 5.41) is 20.9. The summed E-state index contributed by atoms with van der Waals surface area (Å²) >= 11 is 0. The Kier molecular flexibility index (Phi) is 5.83. The summed E-state index contributed by atoms with van der Waals surface area (Å²) in [5.41, 5.74) is 0.134. The largest absolute Gasteiger partial charge is 0.507 e. The molecule has 0 saturated heterocycles. The number of phenolic OH excluding ortho intramolecular Hbond substituents is 1. The summed E-state index contributed by atoms with van der Waals surface area (Å²) < 4.78 is 5.00. The van der Waals surface area contributed by atoms with Crippen LogP contribution in [0.1, 0.15) is 36.5 Å². The molecule has 0 aliphatic carbocycles. The summed E-state index contributed by atoms with van der Waals surface area (Å²) in [4.78, 5) is 22.4. The Balaban J connectivity index is 2.59. The lowest BCUT2D eigenvalue weighted by Gasteiger charge is -2.14. The summed E-state index contributed by atoms with van der Waals surface area (Å²) in [6.45, 7) is 1.79. The van der Waals surface area contributed by atoms with E-state index in [1.807, 2.05) is 0 Å². The van der Waals surface area contributed by atoms with Crippen LogP contribution in [0.4, 0.5) is 0 Å². The third kappa shape index (κ3) is 4.79. The van der Waals surface area contributed by atoms with Gasteiger partial charge < -0.3 is 20.3 Å². The van der Waals surface area contributed by atoms with Crippen molar-refractivity contribution < 1.29 is 24.5 Å². The van der Waals surface area contributed by atoms with Crippen molar-refractivity contribution >= 4 is 11.9 Å². The standard InChI is InChI=1S/C14H19NO5/c1-9(4-3-5-13(17)18)15-14(19)11-8-10(20-2)6-7-12(11)16/h6-9,16H,3-5H2,1-2H3,(H,15,19)(H,17,18). The molecule has 1 aromatic rings. The van der Waals surface area contributed by atoms with Crippen molar-refractivity contribution in [2.45, 2.75) is 32.2 Å². The first-order chi connectivity index (χ1) is 9.43. The van der Waals surface area contributed by atoms with Crippen molar-refractivity contribution in [2.24, 2.45) is 0 Å². The molecule has 0 aliphatic heterocycles. The van der Waals surface area contributed by atoms with Crippen molar-refractivity contribution in [1.29, 1.82) is 0 Å². The second-order valence-electron chi connectivity index (χ2n) is 4.54. The number of hydrogen-bond donors (Lipinski definition) is 3. The third-order valence-corrected chi connectivity index (χ3v) is 2.85. The third-order valence-electron chi connectivity index (χ3n) is 2.85. The molecule has 0 radical (unpaired) electrons. The Hall–Kier alpha value is -2.24. The van der Waals surface area contributed by atoms with Gasteiger partial charge in [-0.2, -0.15) is 0 Å². The molecule has 0 saturated carbocycles. The quantitative estimate of drug-likeness (QED) is 0.708. The molecule has 0 fully saturated rings. The average Bonchev–Trinajstić information content (AvgIpc) is 2.38. The molecule has 1 atom stereocenters. The predicted molar refractivity (Wildman–Crippen MR) is 73.1 cm³/mol. The molecule has 3 N–H and O–H groups in total. The summed E-state index contributed by atoms with van der Waals surface area (Å²) in [5.74, 6) is -0.911. The molecule has 110 valence electrons. The number of hydrogen-bond acceptors (Lipinski definition) is 4. The number of carboxylic acid groups (broad SMARTS) is 1. The van der Waals surface area contributed by atoms with Crippen molar-refractivity contribution in [1.82, 2.24) is 5.32 Å². The van der Waals surface area contributed by atoms with Crippen molar-refractivity contribution in [2.75, 3.05) is 7.11 Å². The second-order valence-corrected chi connectivity index (χ2v) is 4.54. The Bertz CT molecular complexity index is 486. The molecular formula is C14H19NO5. The van der Waals surface area contributed by atoms with E-state index in [0.29, 0.717) is 18.6 Å². The molecule has 1 amide bonds. The molecule has 1 rings (SSSR count). The number of amides is 1. The molecule has 0 aliphatic rings. The summed E-state index contributed by atoms with van der Waals surface area (Å²) in [6, 6.07) is 4.23. The monoisotopic (exact) mass is 281 g/mol. The van der Waals surface area contributed by atoms with Crippen LogP contribution >= 0.6 is 0 Å². The highest BCUT2D eigenvalue weighted by Crippen LogP contribution is 2.22. The Labute approximate surface area is 117 Å². The maximum Gasteiger partial charge on any atom is 0.303 e. The Morgan fingerprint density at radius 2 is 2.10 bits per heavy atom. The van der Waals surface area contributed by atoms with Gasteiger partial charge in [-0.05, 0) is 38.0 Å². The fraction of sp³-hybridized carbons (Fsp3) is 0.429. The van der Waals surface area contributed by atoms with Gasteiger partial charge in [-0.3, -0.25) is 9.59 Å². The number of ether oxygens (including phenoxy) is 1. The summed E-state index contributed by atoms with van der Waals surface area (Å²) in [6.07, 6.45) is 1.12. The highest BCUT2D eigenvalue weighted by atomic mass is 16.5. The maximum atomic E-state index is 12.0. The SMILES string of the molecule is COc1ccc(O)c(C(=O)NC(C)CCCC(=O)O)c1. The van der Waals surface area contributed by atoms with Gasteiger partial charge in [0.05, 0.1) is 12.7 Å². The number of carbonyl (C=O) groups is 2. The Morgan fingerprint density at radius 3 is 2.70 bits per heavy atom. The zero-order chi connectivity index (χ0) is 15.1. The first kappa shape index (κ1) is 15.8. The first-order valence-electron chi connectivity index (χ1n) is 6.33. The van der Waals surface area contributed by atoms with Gasteiger partial charge in [0, 0.05) is 12.5 Å². The number of phenols is 1. The highest BCUT2D eigenvalue weighted by molar-refractivity contribution is 5.97. The molecule has 1 aromatic carbocycles. The van der Waals surface area contributed by atoms with Crippen LogP contribution in [0.3, 0.4) is 0 Å². The number of carboxylic acids is 1. The number of methoxy groups -OCH3 is 1. The fourth-order valence-electron chi connectivity index (χ4n) is 1.76. The number of aliphatic carboxylic acids is 1. The van der Waals surface area contributed by atoms with E-state index < -0.39 is 11.9 Å². The van der Waals surface area contributed by atoms with E-state index >= 15 is 0 Å². The number of rotatable bonds is 7. The topological polar surface area (TPSA) is 95.9 Å². The molecule has 20 heavy (non-hydrogen) atoms.